The lowest BCUT2D eigenvalue weighted by atomic mass is 10.2. The molecule has 9 heteroatoms. The zero-order chi connectivity index (χ0) is 22.5. The van der Waals surface area contributed by atoms with Gasteiger partial charge in [-0.2, -0.15) is 0 Å². The molecule has 0 aliphatic carbocycles. The first-order valence-corrected chi connectivity index (χ1v) is 10.2. The molecular formula is C21H43ClN6O2. The Bertz CT molecular complexity index is 492. The predicted octanol–water partition coefficient (Wildman–Crippen LogP) is 3.72. The smallest absolute Gasteiger partial charge is 0.407 e. The molecule has 0 unspecified atom stereocenters. The molecular weight excluding hydrogens is 404 g/mol. The van der Waals surface area contributed by atoms with Crippen molar-refractivity contribution in [2.45, 2.75) is 64.9 Å². The van der Waals surface area contributed by atoms with E-state index in [2.05, 4.69) is 29.1 Å². The fourth-order valence-corrected chi connectivity index (χ4v) is 1.94. The lowest BCUT2D eigenvalue weighted by molar-refractivity contribution is 0.0527. The van der Waals surface area contributed by atoms with Crippen molar-refractivity contribution in [3.8, 4) is 0 Å². The normalized spacial score (nSPS) is 9.73. The van der Waals surface area contributed by atoms with E-state index in [1.54, 1.807) is 12.2 Å². The van der Waals surface area contributed by atoms with Crippen molar-refractivity contribution in [1.82, 2.24) is 16.0 Å². The predicted molar refractivity (Wildman–Crippen MR) is 130 cm³/mol. The first-order valence-electron chi connectivity index (χ1n) is 10.2. The number of hydrogen-bond acceptors (Lipinski definition) is 5. The zero-order valence-corrected chi connectivity index (χ0v) is 19.8. The van der Waals surface area contributed by atoms with Crippen LogP contribution >= 0.6 is 12.4 Å². The van der Waals surface area contributed by atoms with Gasteiger partial charge in [0.25, 0.3) is 0 Å². The minimum Gasteiger partial charge on any atom is -0.444 e. The summed E-state index contributed by atoms with van der Waals surface area (Å²) in [6, 6.07) is 0. The van der Waals surface area contributed by atoms with Crippen LogP contribution < -0.4 is 21.7 Å². The minimum absolute atomic E-state index is 0. The monoisotopic (exact) mass is 446 g/mol. The van der Waals surface area contributed by atoms with E-state index in [0.717, 1.165) is 45.3 Å². The van der Waals surface area contributed by atoms with Crippen molar-refractivity contribution in [2.75, 3.05) is 26.2 Å². The van der Waals surface area contributed by atoms with Gasteiger partial charge in [0.15, 0.2) is 0 Å². The number of halogens is 1. The summed E-state index contributed by atoms with van der Waals surface area (Å²) in [6.07, 6.45) is 8.04. The first kappa shape index (κ1) is 32.6. The SMILES string of the molecule is C=CCC(=N)NCCCCN.C=CCC(=N)NCCCCNC(=O)OC(C)(C)C.Cl. The number of ether oxygens (including phenoxy) is 1. The van der Waals surface area contributed by atoms with E-state index in [4.69, 9.17) is 21.3 Å². The molecule has 0 aliphatic rings. The quantitative estimate of drug-likeness (QED) is 0.111. The number of amidine groups is 2. The number of nitrogens with one attached hydrogen (secondary N) is 5. The van der Waals surface area contributed by atoms with E-state index in [0.29, 0.717) is 31.1 Å². The van der Waals surface area contributed by atoms with E-state index in [1.807, 2.05) is 20.8 Å². The molecule has 1 amide bonds. The molecule has 0 fully saturated rings. The number of rotatable bonds is 13. The van der Waals surface area contributed by atoms with Gasteiger partial charge >= 0.3 is 6.09 Å². The molecule has 0 aromatic carbocycles. The standard InChI is InChI=1S/C13H25N3O2.C8H17N3.ClH/c1-5-8-11(14)15-9-6-7-10-16-12(17)18-13(2,3)4;1-2-5-8(10)11-7-4-3-6-9;/h5H,1,6-10H2,2-4H3,(H2,14,15)(H,16,17);2H,1,3-7,9H2,(H2,10,11);1H. The maximum atomic E-state index is 11.3. The van der Waals surface area contributed by atoms with Crippen LogP contribution in [0.25, 0.3) is 0 Å². The molecule has 0 radical (unpaired) electrons. The summed E-state index contributed by atoms with van der Waals surface area (Å²) in [5.74, 6) is 1.02. The highest BCUT2D eigenvalue weighted by atomic mass is 35.5. The first-order chi connectivity index (χ1) is 13.7. The number of carbonyl (C=O) groups is 1. The molecule has 0 bridgehead atoms. The number of unbranched alkanes of at least 4 members (excludes halogenated alkanes) is 2. The summed E-state index contributed by atoms with van der Waals surface area (Å²) in [5, 5.41) is 23.4. The second-order valence-electron chi connectivity index (χ2n) is 7.43. The number of nitrogens with two attached hydrogens (primary N) is 1. The molecule has 0 rings (SSSR count). The van der Waals surface area contributed by atoms with Crippen LogP contribution in [0.15, 0.2) is 25.3 Å². The van der Waals surface area contributed by atoms with Crippen LogP contribution in [0, 0.1) is 10.8 Å². The van der Waals surface area contributed by atoms with Crippen molar-refractivity contribution >= 4 is 30.2 Å². The van der Waals surface area contributed by atoms with E-state index in [-0.39, 0.29) is 18.5 Å². The second kappa shape index (κ2) is 21.6. The van der Waals surface area contributed by atoms with Crippen LogP contribution in [0.1, 0.15) is 59.3 Å². The van der Waals surface area contributed by atoms with E-state index in [9.17, 15) is 4.79 Å². The molecule has 0 saturated carbocycles. The largest absolute Gasteiger partial charge is 0.444 e. The van der Waals surface area contributed by atoms with Gasteiger partial charge in [0.1, 0.15) is 5.60 Å². The molecule has 0 spiro atoms. The van der Waals surface area contributed by atoms with Gasteiger partial charge in [-0.3, -0.25) is 10.8 Å². The maximum absolute atomic E-state index is 11.3. The molecule has 0 atom stereocenters. The van der Waals surface area contributed by atoms with Gasteiger partial charge < -0.3 is 26.4 Å². The summed E-state index contributed by atoms with van der Waals surface area (Å²) in [4.78, 5) is 11.3. The molecule has 0 heterocycles. The number of amides is 1. The summed E-state index contributed by atoms with van der Waals surface area (Å²) < 4.78 is 5.10. The molecule has 0 aromatic rings. The van der Waals surface area contributed by atoms with Crippen molar-refractivity contribution in [3.05, 3.63) is 25.3 Å². The lowest BCUT2D eigenvalue weighted by Crippen LogP contribution is -2.33. The van der Waals surface area contributed by atoms with E-state index >= 15 is 0 Å². The van der Waals surface area contributed by atoms with Crippen molar-refractivity contribution in [2.24, 2.45) is 5.73 Å². The van der Waals surface area contributed by atoms with Gasteiger partial charge in [0.05, 0.1) is 11.7 Å². The highest BCUT2D eigenvalue weighted by molar-refractivity contribution is 5.85. The third-order valence-electron chi connectivity index (χ3n) is 3.28. The van der Waals surface area contributed by atoms with Gasteiger partial charge in [-0.05, 0) is 53.0 Å². The van der Waals surface area contributed by atoms with Gasteiger partial charge in [-0.1, -0.05) is 12.2 Å². The fourth-order valence-electron chi connectivity index (χ4n) is 1.94. The Balaban J connectivity index is -0.000000525. The minimum atomic E-state index is -0.453. The number of hydrogen-bond donors (Lipinski definition) is 6. The summed E-state index contributed by atoms with van der Waals surface area (Å²) in [7, 11) is 0. The third-order valence-corrected chi connectivity index (χ3v) is 3.28. The van der Waals surface area contributed by atoms with Crippen molar-refractivity contribution in [3.63, 3.8) is 0 Å². The maximum Gasteiger partial charge on any atom is 0.407 e. The van der Waals surface area contributed by atoms with Gasteiger partial charge in [-0.15, -0.1) is 25.6 Å². The molecule has 8 nitrogen and oxygen atoms in total. The zero-order valence-electron chi connectivity index (χ0n) is 18.9. The van der Waals surface area contributed by atoms with Crippen LogP contribution in [0.2, 0.25) is 0 Å². The summed E-state index contributed by atoms with van der Waals surface area (Å²) in [5.41, 5.74) is 4.85. The Morgan fingerprint density at radius 1 is 0.900 bits per heavy atom. The van der Waals surface area contributed by atoms with Crippen LogP contribution in [0.4, 0.5) is 4.79 Å². The Morgan fingerprint density at radius 3 is 1.67 bits per heavy atom. The Morgan fingerprint density at radius 2 is 1.30 bits per heavy atom. The van der Waals surface area contributed by atoms with E-state index < -0.39 is 5.60 Å². The molecule has 0 aliphatic heterocycles. The number of carbonyl (C=O) groups excluding carboxylic acids is 1. The van der Waals surface area contributed by atoms with Crippen molar-refractivity contribution in [1.29, 1.82) is 10.8 Å². The highest BCUT2D eigenvalue weighted by Gasteiger charge is 2.15. The van der Waals surface area contributed by atoms with Gasteiger partial charge in [0, 0.05) is 32.5 Å². The molecule has 0 saturated heterocycles. The average Bonchev–Trinajstić information content (AvgIpc) is 2.61. The fraction of sp³-hybridized carbons (Fsp3) is 0.667. The molecule has 0 aromatic heterocycles. The van der Waals surface area contributed by atoms with Crippen LogP contribution in [0.3, 0.4) is 0 Å². The summed E-state index contributed by atoms with van der Waals surface area (Å²) in [6.45, 7) is 15.5. The van der Waals surface area contributed by atoms with Gasteiger partial charge in [0.2, 0.25) is 0 Å². The second-order valence-corrected chi connectivity index (χ2v) is 7.43. The molecule has 7 N–H and O–H groups in total. The molecule has 30 heavy (non-hydrogen) atoms. The highest BCUT2D eigenvalue weighted by Crippen LogP contribution is 2.06. The number of alkyl carbamates (subject to hydrolysis) is 1. The Hall–Kier alpha value is -2.06. The van der Waals surface area contributed by atoms with Crippen LogP contribution in [-0.2, 0) is 4.74 Å². The van der Waals surface area contributed by atoms with Crippen molar-refractivity contribution < 1.29 is 9.53 Å². The van der Waals surface area contributed by atoms with Gasteiger partial charge in [-0.25, -0.2) is 4.79 Å². The summed E-state index contributed by atoms with van der Waals surface area (Å²) >= 11 is 0. The van der Waals surface area contributed by atoms with Crippen LogP contribution in [-0.4, -0.2) is 49.5 Å². The lowest BCUT2D eigenvalue weighted by Gasteiger charge is -2.19. The Kier molecular flexibility index (Phi) is 23.5. The van der Waals surface area contributed by atoms with Crippen LogP contribution in [0.5, 0.6) is 0 Å². The molecule has 176 valence electrons. The Labute approximate surface area is 188 Å². The van der Waals surface area contributed by atoms with E-state index in [1.165, 1.54) is 0 Å². The average molecular weight is 447 g/mol. The topological polar surface area (TPSA) is 136 Å². The third kappa shape index (κ3) is 28.2.